The van der Waals surface area contributed by atoms with Crippen LogP contribution in [-0.2, 0) is 23.9 Å². The van der Waals surface area contributed by atoms with Gasteiger partial charge in [-0.1, -0.05) is 56.8 Å². The Balaban J connectivity index is 0.000000496. The second-order valence-electron chi connectivity index (χ2n) is 10.1. The van der Waals surface area contributed by atoms with E-state index in [-0.39, 0.29) is 11.0 Å². The van der Waals surface area contributed by atoms with Crippen LogP contribution < -0.4 is 10.1 Å². The number of hydrogen-bond donors (Lipinski definition) is 1. The summed E-state index contributed by atoms with van der Waals surface area (Å²) in [6.45, 7) is 2.40. The van der Waals surface area contributed by atoms with Crippen molar-refractivity contribution in [3.8, 4) is 11.5 Å². The average Bonchev–Trinajstić information content (AvgIpc) is 3.78. The smallest absolute Gasteiger partial charge is 0.369 e. The van der Waals surface area contributed by atoms with Crippen LogP contribution in [0.2, 0.25) is 0 Å². The Morgan fingerprint density at radius 2 is 1.76 bits per heavy atom. The Morgan fingerprint density at radius 1 is 1.12 bits per heavy atom. The molecule has 2 amide bonds. The lowest BCUT2D eigenvalue weighted by molar-refractivity contribution is -0.152. The zero-order valence-corrected chi connectivity index (χ0v) is 27.5. The predicted molar refractivity (Wildman–Crippen MR) is 164 cm³/mol. The predicted octanol–water partition coefficient (Wildman–Crippen LogP) is 5.74. The normalized spacial score (nSPS) is 21.4. The summed E-state index contributed by atoms with van der Waals surface area (Å²) in [6, 6.07) is 6.84. The molecule has 4 heterocycles. The van der Waals surface area contributed by atoms with E-state index in [0.29, 0.717) is 31.3 Å². The maximum absolute atomic E-state index is 13.3. The number of piperidine rings is 1. The molecule has 1 saturated carbocycles. The number of likely N-dealkylation sites (tertiary alicyclic amines) is 2. The van der Waals surface area contributed by atoms with Crippen molar-refractivity contribution in [3.05, 3.63) is 35.7 Å². The van der Waals surface area contributed by atoms with Crippen molar-refractivity contribution >= 4 is 85.6 Å². The molecule has 5 aliphatic rings. The fourth-order valence-corrected chi connectivity index (χ4v) is 6.24. The first kappa shape index (κ1) is 33.0. The Bertz CT molecular complexity index is 1200. The minimum absolute atomic E-state index is 0.0582. The highest BCUT2D eigenvalue weighted by atomic mass is 79.9. The molecule has 4 aliphatic heterocycles. The Morgan fingerprint density at radius 3 is 2.24 bits per heavy atom. The molecule has 0 radical (unpaired) electrons. The zero-order chi connectivity index (χ0) is 30.4. The first-order valence-corrected chi connectivity index (χ1v) is 16.6. The van der Waals surface area contributed by atoms with E-state index in [0.717, 1.165) is 55.4 Å². The quantitative estimate of drug-likeness (QED) is 0.150. The number of halogens is 4. The van der Waals surface area contributed by atoms with Crippen LogP contribution in [0.4, 0.5) is 4.79 Å². The van der Waals surface area contributed by atoms with Gasteiger partial charge in [0, 0.05) is 31.4 Å². The number of β-lactam (4-membered cyclic amide) rings is 1. The molecule has 15 heteroatoms. The fourth-order valence-electron chi connectivity index (χ4n) is 4.49. The van der Waals surface area contributed by atoms with Crippen LogP contribution in [0.15, 0.2) is 35.7 Å². The van der Waals surface area contributed by atoms with E-state index in [9.17, 15) is 19.2 Å². The summed E-state index contributed by atoms with van der Waals surface area (Å²) < 4.78 is 13.7. The SMILES string of the molecule is CC(=O)NC1C(=O)N(C(C(=O)OCC(Cl)(Cl)Cl)=C(CBr)N2CCCCC2)C1SC(=O)OCC1CC1.c1cc2cc(c1)O2. The summed E-state index contributed by atoms with van der Waals surface area (Å²) in [5.74, 6) is 0.458. The van der Waals surface area contributed by atoms with Crippen molar-refractivity contribution in [1.82, 2.24) is 15.1 Å². The lowest BCUT2D eigenvalue weighted by Gasteiger charge is -2.47. The Kier molecular flexibility index (Phi) is 11.6. The highest BCUT2D eigenvalue weighted by Crippen LogP contribution is 2.39. The average molecular weight is 728 g/mol. The lowest BCUT2D eigenvalue weighted by atomic mass is 10.0. The van der Waals surface area contributed by atoms with Gasteiger partial charge in [-0.05, 0) is 61.9 Å². The molecule has 230 valence electrons. The number of ether oxygens (including phenoxy) is 3. The maximum atomic E-state index is 13.3. The molecule has 0 spiro atoms. The van der Waals surface area contributed by atoms with E-state index in [1.165, 1.54) is 11.8 Å². The molecule has 2 unspecified atom stereocenters. The van der Waals surface area contributed by atoms with Gasteiger partial charge in [-0.15, -0.1) is 0 Å². The number of amides is 2. The minimum atomic E-state index is -1.85. The molecule has 1 aromatic carbocycles. The molecule has 2 bridgehead atoms. The van der Waals surface area contributed by atoms with Crippen molar-refractivity contribution in [3.63, 3.8) is 0 Å². The van der Waals surface area contributed by atoms with Gasteiger partial charge in [0.25, 0.3) is 5.91 Å². The van der Waals surface area contributed by atoms with Crippen LogP contribution >= 0.6 is 62.5 Å². The number of alkyl halides is 4. The number of nitrogens with zero attached hydrogens (tertiary/aromatic N) is 2. The molecule has 3 fully saturated rings. The molecule has 2 saturated heterocycles. The van der Waals surface area contributed by atoms with E-state index >= 15 is 0 Å². The second kappa shape index (κ2) is 14.7. The molecule has 1 aromatic rings. The number of hydrogen-bond acceptors (Lipinski definition) is 9. The van der Waals surface area contributed by atoms with E-state index in [1.807, 2.05) is 29.2 Å². The molecule has 1 N–H and O–H groups in total. The number of esters is 1. The molecule has 42 heavy (non-hydrogen) atoms. The highest BCUT2D eigenvalue weighted by Gasteiger charge is 2.54. The zero-order valence-electron chi connectivity index (χ0n) is 22.8. The second-order valence-corrected chi connectivity index (χ2v) is 14.3. The minimum Gasteiger partial charge on any atom is -0.457 e. The number of carbonyl (C=O) groups excluding carboxylic acids is 4. The maximum Gasteiger partial charge on any atom is 0.369 e. The van der Waals surface area contributed by atoms with E-state index in [4.69, 9.17) is 49.0 Å². The highest BCUT2D eigenvalue weighted by molar-refractivity contribution is 9.09. The third-order valence-corrected chi connectivity index (χ3v) is 8.63. The van der Waals surface area contributed by atoms with E-state index in [1.54, 1.807) is 0 Å². The lowest BCUT2D eigenvalue weighted by Crippen LogP contribution is -2.70. The Hall–Kier alpha value is -1.86. The topological polar surface area (TPSA) is 114 Å². The number of benzene rings is 1. The van der Waals surface area contributed by atoms with Crippen LogP contribution in [0, 0.1) is 5.92 Å². The molecular formula is C27H31BrCl3N3O7S. The molecule has 2 atom stereocenters. The van der Waals surface area contributed by atoms with Crippen molar-refractivity contribution in [1.29, 1.82) is 0 Å². The van der Waals surface area contributed by atoms with Crippen LogP contribution in [0.5, 0.6) is 11.5 Å². The van der Waals surface area contributed by atoms with Crippen LogP contribution in [0.25, 0.3) is 0 Å². The van der Waals surface area contributed by atoms with Crippen LogP contribution in [0.3, 0.4) is 0 Å². The van der Waals surface area contributed by atoms with Gasteiger partial charge in [0.05, 0.1) is 12.3 Å². The van der Waals surface area contributed by atoms with Crippen LogP contribution in [0.1, 0.15) is 39.0 Å². The van der Waals surface area contributed by atoms with E-state index < -0.39 is 44.9 Å². The van der Waals surface area contributed by atoms with Gasteiger partial charge < -0.3 is 24.4 Å². The summed E-state index contributed by atoms with van der Waals surface area (Å²) in [5, 5.41) is 1.29. The number of nitrogens with one attached hydrogen (secondary N) is 1. The number of allylic oxidation sites excluding steroid dienone is 1. The van der Waals surface area contributed by atoms with Gasteiger partial charge in [0.15, 0.2) is 5.70 Å². The van der Waals surface area contributed by atoms with Gasteiger partial charge in [-0.3, -0.25) is 14.5 Å². The number of fused-ring (bicyclic) bond motifs is 2. The largest absolute Gasteiger partial charge is 0.457 e. The van der Waals surface area contributed by atoms with Crippen molar-refractivity contribution < 1.29 is 33.4 Å². The third-order valence-electron chi connectivity index (χ3n) is 6.73. The monoisotopic (exact) mass is 725 g/mol. The van der Waals surface area contributed by atoms with Gasteiger partial charge in [-0.2, -0.15) is 0 Å². The third kappa shape index (κ3) is 9.07. The standard InChI is InChI=1S/C21H27BrCl3N3O6S.C6H4O/c1-12(29)26-15-17(30)28(18(15)35-20(32)33-10-13-5-6-13)16(19(31)34-11-21(23,24)25)14(9-22)27-7-3-2-4-8-27;1-2-5-4-6(3-1)7-5/h13,15,18H,2-11H2,1H3,(H,26,29);1-4H. The van der Waals surface area contributed by atoms with Crippen molar-refractivity contribution in [2.75, 3.05) is 31.6 Å². The molecule has 10 nitrogen and oxygen atoms in total. The Labute approximate surface area is 271 Å². The molecular weight excluding hydrogens is 697 g/mol. The van der Waals surface area contributed by atoms with Crippen LogP contribution in [-0.4, -0.2) is 79.7 Å². The van der Waals surface area contributed by atoms with Crippen molar-refractivity contribution in [2.45, 2.75) is 54.2 Å². The number of rotatable bonds is 9. The first-order valence-electron chi connectivity index (χ1n) is 13.5. The van der Waals surface area contributed by atoms with Crippen molar-refractivity contribution in [2.24, 2.45) is 5.92 Å². The van der Waals surface area contributed by atoms with Gasteiger partial charge in [-0.25, -0.2) is 9.59 Å². The summed E-state index contributed by atoms with van der Waals surface area (Å²) >= 11 is 21.5. The molecule has 6 rings (SSSR count). The summed E-state index contributed by atoms with van der Waals surface area (Å²) in [4.78, 5) is 53.9. The molecule has 1 aliphatic carbocycles. The summed E-state index contributed by atoms with van der Waals surface area (Å²) in [7, 11) is 0. The first-order chi connectivity index (χ1) is 20.0. The number of thioether (sulfide) groups is 1. The van der Waals surface area contributed by atoms with E-state index in [2.05, 4.69) is 21.2 Å². The van der Waals surface area contributed by atoms with Gasteiger partial charge in [0.1, 0.15) is 29.5 Å². The van der Waals surface area contributed by atoms with Gasteiger partial charge in [0.2, 0.25) is 9.70 Å². The number of carbonyl (C=O) groups is 4. The summed E-state index contributed by atoms with van der Waals surface area (Å²) in [5.41, 5.74) is 0.461. The summed E-state index contributed by atoms with van der Waals surface area (Å²) in [6.07, 6.45) is 4.90. The fraction of sp³-hybridized carbons (Fsp3) is 0.556. The van der Waals surface area contributed by atoms with Gasteiger partial charge >= 0.3 is 11.3 Å². The molecule has 0 aromatic heterocycles.